The van der Waals surface area contributed by atoms with Gasteiger partial charge in [0.2, 0.25) is 5.91 Å². The Hall–Kier alpha value is -4.12. The minimum Gasteiger partial charge on any atom is -0.323 e. The van der Waals surface area contributed by atoms with E-state index in [9.17, 15) is 9.59 Å². The van der Waals surface area contributed by atoms with E-state index in [-0.39, 0.29) is 28.7 Å². The van der Waals surface area contributed by atoms with E-state index in [0.717, 1.165) is 39.8 Å². The Bertz CT molecular complexity index is 1890. The number of rotatable bonds is 3. The van der Waals surface area contributed by atoms with E-state index in [1.807, 2.05) is 36.9 Å². The van der Waals surface area contributed by atoms with Gasteiger partial charge in [-0.1, -0.05) is 24.9 Å². The first kappa shape index (κ1) is 28.0. The highest BCUT2D eigenvalue weighted by molar-refractivity contribution is 6.56. The lowest BCUT2D eigenvalue weighted by Crippen LogP contribution is -2.36. The summed E-state index contributed by atoms with van der Waals surface area (Å²) in [5.41, 5.74) is 4.96. The molecule has 4 aromatic heterocycles. The van der Waals surface area contributed by atoms with Crippen LogP contribution in [0.4, 0.5) is 5.69 Å². The number of benzene rings is 1. The zero-order valence-electron chi connectivity index (χ0n) is 24.3. The third-order valence-corrected chi connectivity index (χ3v) is 8.08. The Labute approximate surface area is 250 Å². The quantitative estimate of drug-likeness (QED) is 0.325. The molecule has 5 aromatic rings. The number of pyridine rings is 1. The van der Waals surface area contributed by atoms with Crippen LogP contribution in [0.2, 0.25) is 5.02 Å². The lowest BCUT2D eigenvalue weighted by Gasteiger charge is -2.25. The molecule has 0 unspecified atom stereocenters. The van der Waals surface area contributed by atoms with Crippen molar-refractivity contribution in [2.75, 3.05) is 5.32 Å². The Balaban J connectivity index is 1.48. The molecular formula is C28H30B3ClN8O2. The normalized spacial score (nSPS) is 17.7. The number of halogens is 1. The minimum atomic E-state index is -0.376. The Morgan fingerprint density at radius 3 is 2.62 bits per heavy atom. The van der Waals surface area contributed by atoms with Crippen molar-refractivity contribution in [1.29, 1.82) is 0 Å². The molecule has 0 saturated heterocycles. The number of amides is 1. The van der Waals surface area contributed by atoms with Crippen molar-refractivity contribution in [3.8, 4) is 22.5 Å². The van der Waals surface area contributed by atoms with Crippen LogP contribution in [0.1, 0.15) is 37.9 Å². The molecule has 42 heavy (non-hydrogen) atoms. The Morgan fingerprint density at radius 1 is 1.05 bits per heavy atom. The van der Waals surface area contributed by atoms with Gasteiger partial charge in [-0.25, -0.2) is 4.98 Å². The molecule has 1 aliphatic rings. The molecule has 5 heterocycles. The Morgan fingerprint density at radius 2 is 1.86 bits per heavy atom. The highest BCUT2D eigenvalue weighted by Gasteiger charge is 2.27. The second-order valence-corrected chi connectivity index (χ2v) is 12.4. The molecule has 0 radical (unpaired) electrons. The van der Waals surface area contributed by atoms with Gasteiger partial charge in [-0.05, 0) is 42.3 Å². The highest BCUT2D eigenvalue weighted by atomic mass is 35.5. The number of nitrogens with one attached hydrogen (secondary N) is 1. The van der Waals surface area contributed by atoms with Gasteiger partial charge in [0, 0.05) is 46.8 Å². The van der Waals surface area contributed by atoms with Crippen LogP contribution in [-0.2, 0) is 17.1 Å². The van der Waals surface area contributed by atoms with Crippen molar-refractivity contribution in [3.63, 3.8) is 0 Å². The first-order valence-corrected chi connectivity index (χ1v) is 14.4. The van der Waals surface area contributed by atoms with Crippen LogP contribution < -0.4 is 10.9 Å². The van der Waals surface area contributed by atoms with Crippen LogP contribution in [0.25, 0.3) is 33.4 Å². The van der Waals surface area contributed by atoms with Crippen LogP contribution >= 0.6 is 11.6 Å². The van der Waals surface area contributed by atoms with Gasteiger partial charge in [-0.3, -0.25) is 28.5 Å². The van der Waals surface area contributed by atoms with Crippen molar-refractivity contribution >= 4 is 57.6 Å². The largest absolute Gasteiger partial charge is 0.323 e. The highest BCUT2D eigenvalue weighted by Crippen LogP contribution is 2.35. The van der Waals surface area contributed by atoms with E-state index in [2.05, 4.69) is 39.1 Å². The van der Waals surface area contributed by atoms with Crippen LogP contribution in [0, 0.1) is 5.92 Å². The minimum absolute atomic E-state index is 0.0534. The molecule has 1 aliphatic heterocycles. The number of carbonyl (C=O) groups excluding carboxylic acids is 1. The monoisotopic (exact) mass is 578 g/mol. The number of nitrogens with zero attached hydrogens (tertiary/aromatic N) is 7. The van der Waals surface area contributed by atoms with Crippen LogP contribution in [-0.4, -0.2) is 63.5 Å². The third-order valence-electron chi connectivity index (χ3n) is 7.87. The molecule has 1 aromatic carbocycles. The molecule has 10 nitrogen and oxygen atoms in total. The zero-order valence-corrected chi connectivity index (χ0v) is 25.1. The molecule has 2 atom stereocenters. The second-order valence-electron chi connectivity index (χ2n) is 12.0. The fourth-order valence-electron chi connectivity index (χ4n) is 5.71. The van der Waals surface area contributed by atoms with E-state index < -0.39 is 0 Å². The van der Waals surface area contributed by atoms with E-state index in [1.165, 1.54) is 0 Å². The van der Waals surface area contributed by atoms with Crippen molar-refractivity contribution in [2.24, 2.45) is 13.0 Å². The number of aromatic nitrogens is 7. The lowest BCUT2D eigenvalue weighted by atomic mass is 9.49. The smallest absolute Gasteiger partial charge is 0.254 e. The summed E-state index contributed by atoms with van der Waals surface area (Å²) < 4.78 is 5.31. The third kappa shape index (κ3) is 5.06. The van der Waals surface area contributed by atoms with Gasteiger partial charge in [0.25, 0.3) is 5.56 Å². The van der Waals surface area contributed by atoms with Gasteiger partial charge in [-0.15, -0.1) is 0 Å². The SMILES string of the molecule is BC(B)(B)n1ncc2c1-c1ccnc(c1)[C@@H](n1cnc(-c3cc(Cl)cc4cnn(C)c34)cc1=O)CCC[C@@H](C)C(=O)N2. The molecule has 2 bridgehead atoms. The number of hydrogen-bond donors (Lipinski definition) is 1. The molecule has 0 aliphatic carbocycles. The first-order chi connectivity index (χ1) is 20.0. The van der Waals surface area contributed by atoms with Crippen LogP contribution in [0.5, 0.6) is 0 Å². The predicted octanol–water partition coefficient (Wildman–Crippen LogP) is 1.52. The average Bonchev–Trinajstić information content (AvgIpc) is 3.54. The number of hydrogen-bond acceptors (Lipinski definition) is 6. The van der Waals surface area contributed by atoms with Gasteiger partial charge < -0.3 is 5.32 Å². The zero-order chi connectivity index (χ0) is 29.8. The first-order valence-electron chi connectivity index (χ1n) is 14.1. The molecule has 0 fully saturated rings. The van der Waals surface area contributed by atoms with Gasteiger partial charge in [-0.2, -0.15) is 10.2 Å². The predicted molar refractivity (Wildman–Crippen MR) is 172 cm³/mol. The summed E-state index contributed by atoms with van der Waals surface area (Å²) in [6, 6.07) is 8.71. The van der Waals surface area contributed by atoms with E-state index >= 15 is 0 Å². The van der Waals surface area contributed by atoms with E-state index in [1.54, 1.807) is 46.3 Å². The average molecular weight is 578 g/mol. The summed E-state index contributed by atoms with van der Waals surface area (Å²) in [6.45, 7) is 1.92. The second kappa shape index (κ2) is 10.6. The van der Waals surface area contributed by atoms with Crippen LogP contribution in [0.3, 0.4) is 0 Å². The summed E-state index contributed by atoms with van der Waals surface area (Å²) in [5.74, 6) is -0.272. The summed E-state index contributed by atoms with van der Waals surface area (Å²) in [4.78, 5) is 36.3. The van der Waals surface area contributed by atoms with Gasteiger partial charge in [0.05, 0.1) is 53.0 Å². The van der Waals surface area contributed by atoms with Crippen molar-refractivity contribution in [2.45, 2.75) is 37.5 Å². The standard InChI is InChI=1S/C28H30B3ClN8O2/c1-15-4-3-5-23(21-9-16(6-7-33-21)26-22(37-27(15)42)13-36-40(26)28(29,30)31)39-14-34-20(11-24(39)41)19-10-18(32)8-17-12-35-38(2)25(17)19/h6-15,23H,3-5,29-31H2,1-2H3,(H,37,42)/t15-,23+/m1/s1. The van der Waals surface area contributed by atoms with E-state index in [4.69, 9.17) is 21.6 Å². The van der Waals surface area contributed by atoms with Crippen LogP contribution in [0.15, 0.2) is 60.0 Å². The molecule has 0 spiro atoms. The van der Waals surface area contributed by atoms with Crippen molar-refractivity contribution < 1.29 is 4.79 Å². The molecule has 14 heteroatoms. The molecule has 0 saturated carbocycles. The lowest BCUT2D eigenvalue weighted by molar-refractivity contribution is -0.119. The molecule has 6 rings (SSSR count). The van der Waals surface area contributed by atoms with Gasteiger partial charge in [0.1, 0.15) is 23.5 Å². The maximum atomic E-state index is 13.7. The van der Waals surface area contributed by atoms with Crippen molar-refractivity contribution in [3.05, 3.63) is 76.3 Å². The molecular weight excluding hydrogens is 548 g/mol. The van der Waals surface area contributed by atoms with E-state index in [0.29, 0.717) is 29.2 Å². The maximum Gasteiger partial charge on any atom is 0.254 e. The summed E-state index contributed by atoms with van der Waals surface area (Å²) >= 11 is 6.40. The number of carbonyl (C=O) groups is 1. The number of aryl methyl sites for hydroxylation is 1. The summed E-state index contributed by atoms with van der Waals surface area (Å²) in [5, 5.41) is 13.2. The van der Waals surface area contributed by atoms with Crippen molar-refractivity contribution in [1.82, 2.24) is 34.1 Å². The topological polar surface area (TPSA) is 113 Å². The fourth-order valence-corrected chi connectivity index (χ4v) is 5.94. The Kier molecular flexibility index (Phi) is 7.08. The molecule has 1 amide bonds. The summed E-state index contributed by atoms with van der Waals surface area (Å²) in [7, 11) is 8.05. The number of anilines is 1. The fraction of sp³-hybridized carbons (Fsp3) is 0.286. The maximum absolute atomic E-state index is 13.7. The number of fused-ring (bicyclic) bond motifs is 5. The molecule has 1 N–H and O–H groups in total. The molecule has 210 valence electrons. The van der Waals surface area contributed by atoms with Gasteiger partial charge in [0.15, 0.2) is 0 Å². The summed E-state index contributed by atoms with van der Waals surface area (Å²) in [6.07, 6.45) is 8.78. The van der Waals surface area contributed by atoms with Gasteiger partial charge >= 0.3 is 0 Å².